The van der Waals surface area contributed by atoms with Crippen LogP contribution in [-0.4, -0.2) is 18.8 Å². The highest BCUT2D eigenvalue weighted by atomic mass is 32.1. The molecule has 6 nitrogen and oxygen atoms in total. The predicted molar refractivity (Wildman–Crippen MR) is 199 cm³/mol. The molecule has 0 saturated carbocycles. The van der Waals surface area contributed by atoms with Crippen molar-refractivity contribution in [2.24, 2.45) is 0 Å². The SMILES string of the molecule is CCCCc1c(CCCC)c2c(=O)n3c4ccsc4[nH]c3c3c(CCCC)c(CCCC)c4c(c1c(=O)n1c5ccsc5[nH]c41)c23. The normalized spacial score (nSPS) is 12.7. The van der Waals surface area contributed by atoms with Crippen molar-refractivity contribution >= 4 is 87.0 Å². The van der Waals surface area contributed by atoms with Crippen molar-refractivity contribution in [1.29, 1.82) is 0 Å². The van der Waals surface area contributed by atoms with Crippen LogP contribution in [0.15, 0.2) is 32.5 Å². The number of nitrogens with zero attached hydrogens (tertiary/aromatic N) is 2. The number of thiophene rings is 2. The van der Waals surface area contributed by atoms with E-state index in [-0.39, 0.29) is 11.1 Å². The van der Waals surface area contributed by atoms with Gasteiger partial charge >= 0.3 is 0 Å². The van der Waals surface area contributed by atoms with Gasteiger partial charge < -0.3 is 9.97 Å². The van der Waals surface area contributed by atoms with Crippen LogP contribution in [0.4, 0.5) is 0 Å². The number of fused-ring (bicyclic) bond motifs is 8. The number of benzene rings is 2. The van der Waals surface area contributed by atoms with Crippen LogP contribution in [0.1, 0.15) is 101 Å². The third-order valence-corrected chi connectivity index (χ3v) is 11.9. The molecule has 6 aromatic heterocycles. The Morgan fingerprint density at radius 2 is 0.870 bits per heavy atom. The summed E-state index contributed by atoms with van der Waals surface area (Å²) >= 11 is 3.30. The molecule has 0 unspecified atom stereocenters. The Hall–Kier alpha value is -3.62. The van der Waals surface area contributed by atoms with Crippen LogP contribution < -0.4 is 11.1 Å². The molecule has 2 N–H and O–H groups in total. The smallest absolute Gasteiger partial charge is 0.265 e. The molecule has 8 aromatic rings. The average molecular weight is 651 g/mol. The monoisotopic (exact) mass is 650 g/mol. The fraction of sp³-hybridized carbons (Fsp3) is 0.421. The second kappa shape index (κ2) is 11.6. The van der Waals surface area contributed by atoms with Gasteiger partial charge in [0.05, 0.1) is 21.8 Å². The first-order valence-electron chi connectivity index (χ1n) is 17.4. The van der Waals surface area contributed by atoms with Gasteiger partial charge in [0.2, 0.25) is 0 Å². The maximum atomic E-state index is 15.1. The van der Waals surface area contributed by atoms with E-state index in [9.17, 15) is 0 Å². The first kappa shape index (κ1) is 29.8. The summed E-state index contributed by atoms with van der Waals surface area (Å²) in [5.41, 5.74) is 8.70. The van der Waals surface area contributed by atoms with Crippen molar-refractivity contribution in [2.75, 3.05) is 0 Å². The number of H-pyrrole nitrogens is 2. The molecule has 2 aromatic carbocycles. The fourth-order valence-electron chi connectivity index (χ4n) is 8.18. The second-order valence-corrected chi connectivity index (χ2v) is 14.9. The van der Waals surface area contributed by atoms with E-state index < -0.39 is 0 Å². The molecule has 238 valence electrons. The second-order valence-electron chi connectivity index (χ2n) is 13.1. The summed E-state index contributed by atoms with van der Waals surface area (Å²) in [6, 6.07) is 4.16. The number of hydrogen-bond acceptors (Lipinski definition) is 4. The van der Waals surface area contributed by atoms with Crippen LogP contribution in [0.3, 0.4) is 0 Å². The summed E-state index contributed by atoms with van der Waals surface area (Å²) in [7, 11) is 0. The zero-order valence-electron chi connectivity index (χ0n) is 27.3. The molecule has 0 amide bonds. The summed E-state index contributed by atoms with van der Waals surface area (Å²) < 4.78 is 3.94. The fourth-order valence-corrected chi connectivity index (χ4v) is 9.71. The Kier molecular flexibility index (Phi) is 7.48. The molecule has 46 heavy (non-hydrogen) atoms. The van der Waals surface area contributed by atoms with Crippen LogP contribution in [0.5, 0.6) is 0 Å². The highest BCUT2D eigenvalue weighted by Gasteiger charge is 2.31. The van der Waals surface area contributed by atoms with Crippen LogP contribution in [-0.2, 0) is 25.7 Å². The number of aromatic nitrogens is 4. The van der Waals surface area contributed by atoms with Crippen molar-refractivity contribution in [3.63, 3.8) is 0 Å². The van der Waals surface area contributed by atoms with Crippen LogP contribution in [0.2, 0.25) is 0 Å². The van der Waals surface area contributed by atoms with E-state index in [2.05, 4.69) is 60.6 Å². The molecule has 0 saturated heterocycles. The van der Waals surface area contributed by atoms with Crippen LogP contribution in [0, 0.1) is 0 Å². The minimum atomic E-state index is 0.0506. The zero-order chi connectivity index (χ0) is 31.7. The van der Waals surface area contributed by atoms with E-state index in [1.807, 2.05) is 8.80 Å². The lowest BCUT2D eigenvalue weighted by atomic mass is 9.80. The highest BCUT2D eigenvalue weighted by Crippen LogP contribution is 2.46. The molecule has 8 rings (SSSR count). The lowest BCUT2D eigenvalue weighted by Crippen LogP contribution is -2.22. The van der Waals surface area contributed by atoms with E-state index in [0.717, 1.165) is 152 Å². The Balaban J connectivity index is 1.76. The first-order chi connectivity index (χ1) is 22.5. The molecule has 0 spiro atoms. The van der Waals surface area contributed by atoms with Gasteiger partial charge in [0.15, 0.2) is 0 Å². The first-order valence-corrected chi connectivity index (χ1v) is 19.1. The lowest BCUT2D eigenvalue weighted by molar-refractivity contribution is 0.763. The largest absolute Gasteiger partial charge is 0.331 e. The van der Waals surface area contributed by atoms with Crippen molar-refractivity contribution < 1.29 is 0 Å². The number of aromatic amines is 2. The molecule has 0 aliphatic heterocycles. The Morgan fingerprint density at radius 1 is 0.522 bits per heavy atom. The zero-order valence-corrected chi connectivity index (χ0v) is 29.0. The minimum Gasteiger partial charge on any atom is -0.331 e. The van der Waals surface area contributed by atoms with Crippen molar-refractivity contribution in [1.82, 2.24) is 18.8 Å². The van der Waals surface area contributed by atoms with Gasteiger partial charge in [-0.1, -0.05) is 53.4 Å². The van der Waals surface area contributed by atoms with E-state index in [4.69, 9.17) is 0 Å². The standard InChI is InChI=1S/C38H42N4O2S2/c1-5-9-13-21-22(14-10-6-2)28-32-30(38(44)42-26-18-20-46-36(26)40-34(28)42)24(16-12-8-4)23(15-11-7-3)29-31(32)27(21)33-39-35-25(17-19-45-35)41(33)37(29)43/h17-20,39-40H,5-16H2,1-4H3. The van der Waals surface area contributed by atoms with Crippen molar-refractivity contribution in [2.45, 2.75) is 105 Å². The topological polar surface area (TPSA) is 74.5 Å². The third-order valence-electron chi connectivity index (χ3n) is 10.3. The van der Waals surface area contributed by atoms with Gasteiger partial charge in [0.25, 0.3) is 11.1 Å². The number of rotatable bonds is 12. The highest BCUT2D eigenvalue weighted by molar-refractivity contribution is 7.17. The number of pyridine rings is 2. The lowest BCUT2D eigenvalue weighted by Gasteiger charge is -2.25. The molecule has 0 radical (unpaired) electrons. The summed E-state index contributed by atoms with van der Waals surface area (Å²) in [6.07, 6.45) is 11.8. The third kappa shape index (κ3) is 4.05. The number of aryl methyl sites for hydroxylation is 4. The molecule has 0 atom stereocenters. The van der Waals surface area contributed by atoms with E-state index >= 15 is 9.59 Å². The molecular formula is C38H42N4O2S2. The summed E-state index contributed by atoms with van der Waals surface area (Å²) in [5, 5.41) is 10.2. The van der Waals surface area contributed by atoms with Crippen LogP contribution >= 0.6 is 22.7 Å². The van der Waals surface area contributed by atoms with E-state index in [1.54, 1.807) is 22.7 Å². The Morgan fingerprint density at radius 3 is 1.22 bits per heavy atom. The Bertz CT molecular complexity index is 2360. The minimum absolute atomic E-state index is 0.0506. The van der Waals surface area contributed by atoms with Crippen LogP contribution in [0.25, 0.3) is 64.3 Å². The molecule has 0 fully saturated rings. The molecular weight excluding hydrogens is 609 g/mol. The predicted octanol–water partition coefficient (Wildman–Crippen LogP) is 10.3. The van der Waals surface area contributed by atoms with Gasteiger partial charge in [-0.05, 0) is 96.5 Å². The Labute approximate surface area is 275 Å². The summed E-state index contributed by atoms with van der Waals surface area (Å²) in [4.78, 5) is 39.6. The maximum Gasteiger partial charge on any atom is 0.265 e. The molecule has 0 aliphatic rings. The molecule has 0 aliphatic carbocycles. The molecule has 8 heteroatoms. The van der Waals surface area contributed by atoms with Gasteiger partial charge in [-0.15, -0.1) is 22.7 Å². The molecule has 6 heterocycles. The molecule has 0 bridgehead atoms. The van der Waals surface area contributed by atoms with Gasteiger partial charge in [-0.2, -0.15) is 0 Å². The van der Waals surface area contributed by atoms with Gasteiger partial charge in [-0.3, -0.25) is 18.4 Å². The van der Waals surface area contributed by atoms with Gasteiger partial charge in [0.1, 0.15) is 21.0 Å². The van der Waals surface area contributed by atoms with Gasteiger partial charge in [0, 0.05) is 21.5 Å². The van der Waals surface area contributed by atoms with Crippen molar-refractivity contribution in [3.05, 3.63) is 65.9 Å². The maximum absolute atomic E-state index is 15.1. The number of imidazole rings is 2. The number of unbranched alkanes of at least 4 members (excludes halogenated alkanes) is 4. The quantitative estimate of drug-likeness (QED) is 0.129. The average Bonchev–Trinajstić information content (AvgIpc) is 3.84. The van der Waals surface area contributed by atoms with E-state index in [1.165, 1.54) is 11.1 Å². The number of hydrogen-bond donors (Lipinski definition) is 2. The summed E-state index contributed by atoms with van der Waals surface area (Å²) in [6.45, 7) is 8.94. The van der Waals surface area contributed by atoms with Gasteiger partial charge in [-0.25, -0.2) is 0 Å². The van der Waals surface area contributed by atoms with Crippen molar-refractivity contribution in [3.8, 4) is 0 Å². The summed E-state index contributed by atoms with van der Waals surface area (Å²) in [5.74, 6) is 0. The number of nitrogens with one attached hydrogen (secondary N) is 2. The van der Waals surface area contributed by atoms with E-state index in [0.29, 0.717) is 0 Å².